The Morgan fingerprint density at radius 1 is 1.24 bits per heavy atom. The van der Waals surface area contributed by atoms with Crippen LogP contribution in [0.2, 0.25) is 0 Å². The van der Waals surface area contributed by atoms with Gasteiger partial charge in [0, 0.05) is 25.2 Å². The molecule has 0 bridgehead atoms. The number of aromatic nitrogens is 1. The van der Waals surface area contributed by atoms with E-state index in [0.717, 1.165) is 56.2 Å². The topological polar surface area (TPSA) is 58.4 Å². The molecule has 5 heteroatoms. The lowest BCUT2D eigenvalue weighted by atomic mass is 9.97. The first kappa shape index (κ1) is 16.3. The molecule has 1 saturated heterocycles. The molecule has 1 atom stereocenters. The fraction of sp³-hybridized carbons (Fsp3) is 0.500. The summed E-state index contributed by atoms with van der Waals surface area (Å²) in [5.41, 5.74) is 1.92. The Morgan fingerprint density at radius 3 is 2.88 bits per heavy atom. The van der Waals surface area contributed by atoms with E-state index in [2.05, 4.69) is 15.2 Å². The van der Waals surface area contributed by atoms with E-state index in [9.17, 15) is 4.79 Å². The summed E-state index contributed by atoms with van der Waals surface area (Å²) in [5.74, 6) is 1.72. The van der Waals surface area contributed by atoms with Crippen LogP contribution in [0.1, 0.15) is 31.4 Å². The third-order valence-corrected chi connectivity index (χ3v) is 5.10. The summed E-state index contributed by atoms with van der Waals surface area (Å²) in [6.45, 7) is 3.42. The molecule has 5 nitrogen and oxygen atoms in total. The number of likely N-dealkylation sites (tertiary alicyclic amines) is 1. The highest BCUT2D eigenvalue weighted by Gasteiger charge is 2.28. The molecular weight excluding hydrogens is 314 g/mol. The number of hydrogen-bond donors (Lipinski definition) is 1. The van der Waals surface area contributed by atoms with Gasteiger partial charge in [0.2, 0.25) is 11.8 Å². The van der Waals surface area contributed by atoms with Crippen molar-refractivity contribution >= 4 is 5.91 Å². The third-order valence-electron chi connectivity index (χ3n) is 5.10. The second kappa shape index (κ2) is 7.40. The smallest absolute Gasteiger partial charge is 0.226 e. The van der Waals surface area contributed by atoms with E-state index >= 15 is 0 Å². The Hall–Kier alpha value is -2.14. The zero-order valence-corrected chi connectivity index (χ0v) is 14.5. The van der Waals surface area contributed by atoms with E-state index in [0.29, 0.717) is 5.89 Å². The highest BCUT2D eigenvalue weighted by Crippen LogP contribution is 2.28. The highest BCUT2D eigenvalue weighted by molar-refractivity contribution is 5.79. The summed E-state index contributed by atoms with van der Waals surface area (Å²) in [6, 6.07) is 9.94. The summed E-state index contributed by atoms with van der Waals surface area (Å²) in [4.78, 5) is 19.3. The number of piperidine rings is 1. The molecule has 1 aromatic carbocycles. The number of benzene rings is 1. The van der Waals surface area contributed by atoms with Gasteiger partial charge >= 0.3 is 0 Å². The SMILES string of the molecule is O=C(NCC1CC1)[C@@H]1CCCN(Cc2coc(-c3ccccc3)n2)C1. The Labute approximate surface area is 148 Å². The molecule has 2 aromatic rings. The molecule has 132 valence electrons. The average molecular weight is 339 g/mol. The minimum Gasteiger partial charge on any atom is -0.444 e. The number of oxazole rings is 1. The van der Waals surface area contributed by atoms with Gasteiger partial charge in [-0.25, -0.2) is 4.98 Å². The van der Waals surface area contributed by atoms with E-state index in [4.69, 9.17) is 4.42 Å². The normalized spacial score (nSPS) is 21.2. The van der Waals surface area contributed by atoms with Gasteiger partial charge in [-0.05, 0) is 50.3 Å². The lowest BCUT2D eigenvalue weighted by Crippen LogP contribution is -2.43. The minimum atomic E-state index is 0.105. The maximum atomic E-state index is 12.3. The van der Waals surface area contributed by atoms with Gasteiger partial charge < -0.3 is 9.73 Å². The van der Waals surface area contributed by atoms with Crippen molar-refractivity contribution in [2.45, 2.75) is 32.2 Å². The predicted octanol–water partition coefficient (Wildman–Crippen LogP) is 3.08. The molecule has 1 aliphatic carbocycles. The predicted molar refractivity (Wildman–Crippen MR) is 95.7 cm³/mol. The molecule has 1 amide bonds. The molecule has 0 radical (unpaired) electrons. The van der Waals surface area contributed by atoms with Gasteiger partial charge in [-0.15, -0.1) is 0 Å². The molecule has 25 heavy (non-hydrogen) atoms. The zero-order valence-electron chi connectivity index (χ0n) is 14.5. The number of hydrogen-bond acceptors (Lipinski definition) is 4. The molecule has 0 unspecified atom stereocenters. The van der Waals surface area contributed by atoms with Crippen molar-refractivity contribution in [2.75, 3.05) is 19.6 Å². The zero-order chi connectivity index (χ0) is 17.1. The first-order valence-electron chi connectivity index (χ1n) is 9.28. The molecular formula is C20H25N3O2. The summed E-state index contributed by atoms with van der Waals surface area (Å²) >= 11 is 0. The first-order chi connectivity index (χ1) is 12.3. The monoisotopic (exact) mass is 339 g/mol. The van der Waals surface area contributed by atoms with Crippen molar-refractivity contribution < 1.29 is 9.21 Å². The number of rotatable bonds is 6. The van der Waals surface area contributed by atoms with Crippen molar-refractivity contribution in [2.24, 2.45) is 11.8 Å². The van der Waals surface area contributed by atoms with Gasteiger partial charge in [0.05, 0.1) is 11.6 Å². The van der Waals surface area contributed by atoms with Gasteiger partial charge in [-0.2, -0.15) is 0 Å². The van der Waals surface area contributed by atoms with E-state index in [-0.39, 0.29) is 11.8 Å². The minimum absolute atomic E-state index is 0.105. The van der Waals surface area contributed by atoms with Crippen LogP contribution in [0.4, 0.5) is 0 Å². The van der Waals surface area contributed by atoms with Crippen LogP contribution in [0.25, 0.3) is 11.5 Å². The van der Waals surface area contributed by atoms with Gasteiger partial charge in [0.1, 0.15) is 6.26 Å². The first-order valence-corrected chi connectivity index (χ1v) is 9.28. The van der Waals surface area contributed by atoms with Crippen LogP contribution in [-0.2, 0) is 11.3 Å². The van der Waals surface area contributed by atoms with E-state index in [1.807, 2.05) is 30.3 Å². The van der Waals surface area contributed by atoms with Crippen molar-refractivity contribution in [3.05, 3.63) is 42.3 Å². The van der Waals surface area contributed by atoms with Crippen LogP contribution in [0.15, 0.2) is 41.0 Å². The van der Waals surface area contributed by atoms with Crippen molar-refractivity contribution in [1.29, 1.82) is 0 Å². The standard InChI is InChI=1S/C20H25N3O2/c24-19(21-11-15-8-9-15)17-7-4-10-23(12-17)13-18-14-25-20(22-18)16-5-2-1-3-6-16/h1-3,5-6,14-15,17H,4,7-13H2,(H,21,24)/t17-/m1/s1. The molecule has 4 rings (SSSR count). The number of nitrogens with one attached hydrogen (secondary N) is 1. The molecule has 1 saturated carbocycles. The van der Waals surface area contributed by atoms with Gasteiger partial charge in [-0.1, -0.05) is 18.2 Å². The number of carbonyl (C=O) groups is 1. The van der Waals surface area contributed by atoms with E-state index < -0.39 is 0 Å². The number of amides is 1. The average Bonchev–Trinajstić information content (AvgIpc) is 3.38. The van der Waals surface area contributed by atoms with Gasteiger partial charge in [0.15, 0.2) is 0 Å². The fourth-order valence-electron chi connectivity index (χ4n) is 3.45. The highest BCUT2D eigenvalue weighted by atomic mass is 16.3. The van der Waals surface area contributed by atoms with Crippen LogP contribution in [0.3, 0.4) is 0 Å². The van der Waals surface area contributed by atoms with Crippen LogP contribution in [0.5, 0.6) is 0 Å². The van der Waals surface area contributed by atoms with Crippen LogP contribution >= 0.6 is 0 Å². The van der Waals surface area contributed by atoms with Crippen LogP contribution in [-0.4, -0.2) is 35.4 Å². The number of nitrogens with zero attached hydrogens (tertiary/aromatic N) is 2. The quantitative estimate of drug-likeness (QED) is 0.879. The molecule has 1 N–H and O–H groups in total. The largest absolute Gasteiger partial charge is 0.444 e. The second-order valence-corrected chi connectivity index (χ2v) is 7.27. The maximum Gasteiger partial charge on any atom is 0.226 e. The molecule has 0 spiro atoms. The number of carbonyl (C=O) groups excluding carboxylic acids is 1. The lowest BCUT2D eigenvalue weighted by Gasteiger charge is -2.31. The maximum absolute atomic E-state index is 12.3. The summed E-state index contributed by atoms with van der Waals surface area (Å²) in [5, 5.41) is 3.12. The molecule has 2 aliphatic rings. The van der Waals surface area contributed by atoms with E-state index in [1.54, 1.807) is 6.26 Å². The van der Waals surface area contributed by atoms with Crippen molar-refractivity contribution in [3.63, 3.8) is 0 Å². The van der Waals surface area contributed by atoms with Gasteiger partial charge in [0.25, 0.3) is 0 Å². The lowest BCUT2D eigenvalue weighted by molar-refractivity contribution is -0.126. The summed E-state index contributed by atoms with van der Waals surface area (Å²) in [7, 11) is 0. The molecule has 1 aliphatic heterocycles. The Balaban J connectivity index is 1.32. The van der Waals surface area contributed by atoms with Gasteiger partial charge in [-0.3, -0.25) is 9.69 Å². The Morgan fingerprint density at radius 2 is 2.08 bits per heavy atom. The molecule has 2 fully saturated rings. The fourth-order valence-corrected chi connectivity index (χ4v) is 3.45. The van der Waals surface area contributed by atoms with E-state index in [1.165, 1.54) is 12.8 Å². The Kier molecular flexibility index (Phi) is 4.83. The summed E-state index contributed by atoms with van der Waals surface area (Å²) < 4.78 is 5.62. The second-order valence-electron chi connectivity index (χ2n) is 7.27. The third kappa shape index (κ3) is 4.28. The molecule has 2 heterocycles. The van der Waals surface area contributed by atoms with Crippen molar-refractivity contribution in [1.82, 2.24) is 15.2 Å². The molecule has 1 aromatic heterocycles. The Bertz CT molecular complexity index is 709. The summed E-state index contributed by atoms with van der Waals surface area (Å²) in [6.07, 6.45) is 6.32. The van der Waals surface area contributed by atoms with Crippen LogP contribution in [0, 0.1) is 11.8 Å². The van der Waals surface area contributed by atoms with Crippen molar-refractivity contribution in [3.8, 4) is 11.5 Å². The van der Waals surface area contributed by atoms with Crippen LogP contribution < -0.4 is 5.32 Å².